The van der Waals surface area contributed by atoms with Gasteiger partial charge in [-0.05, 0) is 37.5 Å². The molecule has 1 N–H and O–H groups in total. The minimum absolute atomic E-state index is 0.204. The molecule has 0 spiro atoms. The third-order valence-electron chi connectivity index (χ3n) is 4.78. The van der Waals surface area contributed by atoms with Gasteiger partial charge in [-0.15, -0.1) is 0 Å². The van der Waals surface area contributed by atoms with Crippen LogP contribution in [0, 0.1) is 6.92 Å². The molecule has 1 aliphatic heterocycles. The van der Waals surface area contributed by atoms with E-state index in [1.807, 2.05) is 13.0 Å². The summed E-state index contributed by atoms with van der Waals surface area (Å²) in [6, 6.07) is 3.71. The van der Waals surface area contributed by atoms with E-state index in [9.17, 15) is 9.59 Å². The van der Waals surface area contributed by atoms with E-state index in [1.165, 1.54) is 16.2 Å². The number of carbonyl (C=O) groups is 1. The molecule has 0 bridgehead atoms. The van der Waals surface area contributed by atoms with Crippen molar-refractivity contribution in [2.45, 2.75) is 19.8 Å². The van der Waals surface area contributed by atoms with Crippen molar-refractivity contribution in [3.05, 3.63) is 44.7 Å². The highest BCUT2D eigenvalue weighted by Crippen LogP contribution is 2.33. The maximum atomic E-state index is 13.3. The van der Waals surface area contributed by atoms with Crippen LogP contribution in [-0.4, -0.2) is 65.0 Å². The third kappa shape index (κ3) is 5.32. The highest BCUT2D eigenvalue weighted by atomic mass is 32.2. The fourth-order valence-corrected chi connectivity index (χ4v) is 4.48. The monoisotopic (exact) mass is 462 g/mol. The average Bonchev–Trinajstić information content (AvgIpc) is 3.02. The molecule has 10 heteroatoms. The van der Waals surface area contributed by atoms with Gasteiger partial charge < -0.3 is 14.8 Å². The van der Waals surface area contributed by atoms with Gasteiger partial charge in [0, 0.05) is 46.7 Å². The Bertz CT molecular complexity index is 1070. The van der Waals surface area contributed by atoms with Crippen LogP contribution in [0.3, 0.4) is 0 Å². The summed E-state index contributed by atoms with van der Waals surface area (Å²) in [5, 5.41) is 3.23. The Labute approximate surface area is 190 Å². The normalized spacial score (nSPS) is 15.5. The molecule has 0 atom stereocenters. The molecule has 2 aromatic rings. The average molecular weight is 463 g/mol. The molecule has 8 nitrogen and oxygen atoms in total. The Morgan fingerprint density at radius 1 is 1.23 bits per heavy atom. The minimum atomic E-state index is -0.243. The highest BCUT2D eigenvalue weighted by molar-refractivity contribution is 8.26. The molecule has 1 fully saturated rings. The summed E-state index contributed by atoms with van der Waals surface area (Å²) in [7, 11) is 3.26. The number of rotatable bonds is 10. The summed E-state index contributed by atoms with van der Waals surface area (Å²) in [5.74, 6) is 0.241. The zero-order valence-electron chi connectivity index (χ0n) is 17.8. The van der Waals surface area contributed by atoms with Crippen LogP contribution in [0.1, 0.15) is 24.0 Å². The number of hydrogen-bond donors (Lipinski definition) is 1. The molecule has 31 heavy (non-hydrogen) atoms. The summed E-state index contributed by atoms with van der Waals surface area (Å²) in [6.07, 6.45) is 4.71. The number of nitrogens with zero attached hydrogens (tertiary/aromatic N) is 3. The number of hydrogen-bond acceptors (Lipinski definition) is 8. The SMILES string of the molecule is COCCCNc1nc2c(C)cccn2c(=O)c1C=C1SC(=S)N(CCCOC)C1=O. The van der Waals surface area contributed by atoms with Crippen molar-refractivity contribution < 1.29 is 14.3 Å². The van der Waals surface area contributed by atoms with E-state index in [-0.39, 0.29) is 11.5 Å². The minimum Gasteiger partial charge on any atom is -0.385 e. The van der Waals surface area contributed by atoms with Gasteiger partial charge in [-0.2, -0.15) is 0 Å². The molecule has 3 rings (SSSR count). The first kappa shape index (κ1) is 23.4. The van der Waals surface area contributed by atoms with Gasteiger partial charge in [-0.1, -0.05) is 30.0 Å². The van der Waals surface area contributed by atoms with Crippen LogP contribution in [0.4, 0.5) is 5.82 Å². The zero-order valence-corrected chi connectivity index (χ0v) is 19.5. The Morgan fingerprint density at radius 2 is 1.97 bits per heavy atom. The largest absolute Gasteiger partial charge is 0.385 e. The van der Waals surface area contributed by atoms with Crippen LogP contribution in [-0.2, 0) is 14.3 Å². The highest BCUT2D eigenvalue weighted by Gasteiger charge is 2.32. The van der Waals surface area contributed by atoms with Crippen LogP contribution in [0.15, 0.2) is 28.0 Å². The number of pyridine rings is 1. The lowest BCUT2D eigenvalue weighted by Gasteiger charge is -2.14. The van der Waals surface area contributed by atoms with E-state index in [0.717, 1.165) is 12.0 Å². The third-order valence-corrected chi connectivity index (χ3v) is 6.16. The Hall–Kier alpha value is -2.27. The van der Waals surface area contributed by atoms with Gasteiger partial charge >= 0.3 is 0 Å². The van der Waals surface area contributed by atoms with E-state index < -0.39 is 0 Å². The molecule has 0 aliphatic carbocycles. The molecule has 2 aromatic heterocycles. The fourth-order valence-electron chi connectivity index (χ4n) is 3.19. The molecule has 0 unspecified atom stereocenters. The number of aromatic nitrogens is 2. The molecular weight excluding hydrogens is 436 g/mol. The fraction of sp³-hybridized carbons (Fsp3) is 0.429. The number of ether oxygens (including phenoxy) is 2. The lowest BCUT2D eigenvalue weighted by atomic mass is 10.2. The van der Waals surface area contributed by atoms with E-state index in [1.54, 1.807) is 37.5 Å². The predicted molar refractivity (Wildman–Crippen MR) is 128 cm³/mol. The van der Waals surface area contributed by atoms with Crippen LogP contribution < -0.4 is 10.9 Å². The molecule has 166 valence electrons. The van der Waals surface area contributed by atoms with Gasteiger partial charge in [0.05, 0.1) is 10.5 Å². The second-order valence-corrected chi connectivity index (χ2v) is 8.69. The van der Waals surface area contributed by atoms with Gasteiger partial charge in [0.2, 0.25) is 0 Å². The molecule has 1 aliphatic rings. The molecular formula is C21H26N4O4S2. The summed E-state index contributed by atoms with van der Waals surface area (Å²) in [6.45, 7) is 4.10. The number of fused-ring (bicyclic) bond motifs is 1. The van der Waals surface area contributed by atoms with Crippen molar-refractivity contribution in [2.75, 3.05) is 45.8 Å². The van der Waals surface area contributed by atoms with Gasteiger partial charge in [0.25, 0.3) is 11.5 Å². The molecule has 1 amide bonds. The number of amides is 1. The maximum absolute atomic E-state index is 13.3. The quantitative estimate of drug-likeness (QED) is 0.328. The first-order valence-corrected chi connectivity index (χ1v) is 11.2. The summed E-state index contributed by atoms with van der Waals surface area (Å²) < 4.78 is 12.1. The van der Waals surface area contributed by atoms with Crippen molar-refractivity contribution in [1.82, 2.24) is 14.3 Å². The predicted octanol–water partition coefficient (Wildman–Crippen LogP) is 2.69. The van der Waals surface area contributed by atoms with Crippen molar-refractivity contribution >= 4 is 51.7 Å². The second-order valence-electron chi connectivity index (χ2n) is 7.02. The van der Waals surface area contributed by atoms with Gasteiger partial charge in [0.15, 0.2) is 0 Å². The van der Waals surface area contributed by atoms with Gasteiger partial charge in [-0.25, -0.2) is 4.98 Å². The van der Waals surface area contributed by atoms with Crippen molar-refractivity contribution in [3.8, 4) is 0 Å². The zero-order chi connectivity index (χ0) is 22.4. The smallest absolute Gasteiger partial charge is 0.267 e. The number of carbonyl (C=O) groups excluding carboxylic acids is 1. The number of thioether (sulfide) groups is 1. The Kier molecular flexibility index (Phi) is 8.19. The topological polar surface area (TPSA) is 85.2 Å². The van der Waals surface area contributed by atoms with E-state index in [2.05, 4.69) is 10.3 Å². The Balaban J connectivity index is 1.99. The van der Waals surface area contributed by atoms with Gasteiger partial charge in [0.1, 0.15) is 15.8 Å². The summed E-state index contributed by atoms with van der Waals surface area (Å²) >= 11 is 6.57. The standard InChI is InChI=1S/C21H26N4O4S2/c1-14-7-4-9-24-18(14)23-17(22-8-5-11-28-2)15(19(24)26)13-16-20(27)25(21(30)31-16)10-6-12-29-3/h4,7,9,13,22H,5-6,8,10-12H2,1-3H3. The molecule has 1 saturated heterocycles. The molecule has 3 heterocycles. The second kappa shape index (κ2) is 10.9. The molecule has 0 saturated carbocycles. The molecule has 0 radical (unpaired) electrons. The number of nitrogens with one attached hydrogen (secondary N) is 1. The van der Waals surface area contributed by atoms with Crippen LogP contribution in [0.5, 0.6) is 0 Å². The number of anilines is 1. The molecule has 0 aromatic carbocycles. The number of methoxy groups -OCH3 is 2. The number of thiocarbonyl (C=S) groups is 1. The summed E-state index contributed by atoms with van der Waals surface area (Å²) in [4.78, 5) is 32.8. The van der Waals surface area contributed by atoms with E-state index in [4.69, 9.17) is 21.7 Å². The van der Waals surface area contributed by atoms with Crippen LogP contribution in [0.25, 0.3) is 11.7 Å². The van der Waals surface area contributed by atoms with E-state index >= 15 is 0 Å². The van der Waals surface area contributed by atoms with Crippen LogP contribution >= 0.6 is 24.0 Å². The van der Waals surface area contributed by atoms with Crippen LogP contribution in [0.2, 0.25) is 0 Å². The summed E-state index contributed by atoms with van der Waals surface area (Å²) in [5.41, 5.74) is 1.55. The Morgan fingerprint density at radius 3 is 2.71 bits per heavy atom. The first-order chi connectivity index (χ1) is 15.0. The van der Waals surface area contributed by atoms with E-state index in [0.29, 0.717) is 59.0 Å². The van der Waals surface area contributed by atoms with Crippen molar-refractivity contribution in [2.24, 2.45) is 0 Å². The van der Waals surface area contributed by atoms with Crippen molar-refractivity contribution in [1.29, 1.82) is 0 Å². The number of aryl methyl sites for hydroxylation is 1. The van der Waals surface area contributed by atoms with Gasteiger partial charge in [-0.3, -0.25) is 18.9 Å². The lowest BCUT2D eigenvalue weighted by molar-refractivity contribution is -0.122. The van der Waals surface area contributed by atoms with Crippen molar-refractivity contribution in [3.63, 3.8) is 0 Å². The first-order valence-electron chi connectivity index (χ1n) is 9.97. The lowest BCUT2D eigenvalue weighted by Crippen LogP contribution is -2.29. The maximum Gasteiger partial charge on any atom is 0.267 e.